The van der Waals surface area contributed by atoms with Crippen LogP contribution in [-0.2, 0) is 0 Å². The van der Waals surface area contributed by atoms with E-state index in [-0.39, 0.29) is 0 Å². The Hall–Kier alpha value is -3.05. The van der Waals surface area contributed by atoms with Crippen molar-refractivity contribution in [3.63, 3.8) is 0 Å². The topological polar surface area (TPSA) is 32.3 Å². The Morgan fingerprint density at radius 2 is 1.03 bits per heavy atom. The summed E-state index contributed by atoms with van der Waals surface area (Å²) >= 11 is 1.55. The van der Waals surface area contributed by atoms with Crippen LogP contribution in [0.3, 0.4) is 0 Å². The van der Waals surface area contributed by atoms with E-state index >= 15 is 0 Å². The van der Waals surface area contributed by atoms with Gasteiger partial charge in [0.25, 0.3) is 0 Å². The number of hydrogen-bond donors (Lipinski definition) is 0. The maximum Gasteiger partial charge on any atom is 0.188 e. The molecule has 0 aliphatic carbocycles. The summed E-state index contributed by atoms with van der Waals surface area (Å²) in [6.07, 6.45) is 10.2. The fourth-order valence-corrected chi connectivity index (χ4v) is 3.25. The Morgan fingerprint density at radius 3 is 1.37 bits per heavy atom. The van der Waals surface area contributed by atoms with Crippen molar-refractivity contribution in [1.29, 1.82) is 0 Å². The number of anilines is 2. The third kappa shape index (κ3) is 5.97. The SMILES string of the molecule is CSc1nc(/C=C/c2ccc(N(C)C)cc2)cc(/C=C/c2ccc(N(C)C)cc2)n1. The van der Waals surface area contributed by atoms with Crippen molar-refractivity contribution in [2.45, 2.75) is 5.16 Å². The van der Waals surface area contributed by atoms with E-state index in [2.05, 4.69) is 80.5 Å². The average molecular weight is 417 g/mol. The lowest BCUT2D eigenvalue weighted by atomic mass is 10.1. The van der Waals surface area contributed by atoms with E-state index in [0.29, 0.717) is 0 Å². The second-order valence-corrected chi connectivity index (χ2v) is 8.12. The molecule has 0 fully saturated rings. The lowest BCUT2D eigenvalue weighted by Gasteiger charge is -2.11. The summed E-state index contributed by atoms with van der Waals surface area (Å²) in [7, 11) is 8.17. The van der Waals surface area contributed by atoms with Crippen LogP contribution in [0.15, 0.2) is 59.8 Å². The third-order valence-corrected chi connectivity index (χ3v) is 5.19. The quantitative estimate of drug-likeness (QED) is 0.366. The zero-order valence-corrected chi connectivity index (χ0v) is 19.0. The van der Waals surface area contributed by atoms with Crippen molar-refractivity contribution in [1.82, 2.24) is 9.97 Å². The number of benzene rings is 2. The number of rotatable bonds is 7. The van der Waals surface area contributed by atoms with Gasteiger partial charge in [-0.1, -0.05) is 48.2 Å². The predicted octanol–water partition coefficient (Wildman–Crippen LogP) is 5.67. The molecule has 2 aromatic carbocycles. The van der Waals surface area contributed by atoms with E-state index < -0.39 is 0 Å². The van der Waals surface area contributed by atoms with Crippen LogP contribution in [0.4, 0.5) is 11.4 Å². The Kier molecular flexibility index (Phi) is 7.31. The van der Waals surface area contributed by atoms with Gasteiger partial charge < -0.3 is 9.80 Å². The van der Waals surface area contributed by atoms with E-state index in [1.807, 2.05) is 52.7 Å². The minimum atomic E-state index is 0.766. The molecular formula is C25H28N4S. The maximum atomic E-state index is 4.62. The minimum absolute atomic E-state index is 0.766. The molecule has 4 nitrogen and oxygen atoms in total. The highest BCUT2D eigenvalue weighted by Crippen LogP contribution is 2.18. The summed E-state index contributed by atoms with van der Waals surface area (Å²) in [6, 6.07) is 18.9. The normalized spacial score (nSPS) is 11.4. The standard InChI is InChI=1S/C25H28N4S/c1-28(2)23-14-8-19(9-15-23)6-12-21-18-22(27-25(26-21)30-5)13-7-20-10-16-24(17-11-20)29(3)4/h6-18H,1-5H3/b12-6+,13-7+. The monoisotopic (exact) mass is 416 g/mol. The Morgan fingerprint density at radius 1 is 0.633 bits per heavy atom. The molecule has 0 saturated carbocycles. The Balaban J connectivity index is 1.79. The molecule has 3 aromatic rings. The van der Waals surface area contributed by atoms with Gasteiger partial charge in [0, 0.05) is 39.6 Å². The smallest absolute Gasteiger partial charge is 0.188 e. The number of hydrogen-bond acceptors (Lipinski definition) is 5. The molecule has 0 saturated heterocycles. The largest absolute Gasteiger partial charge is 0.378 e. The van der Waals surface area contributed by atoms with E-state index in [9.17, 15) is 0 Å². The molecule has 3 rings (SSSR count). The molecule has 0 atom stereocenters. The first-order valence-electron chi connectivity index (χ1n) is 9.78. The molecule has 30 heavy (non-hydrogen) atoms. The van der Waals surface area contributed by atoms with Gasteiger partial charge in [-0.25, -0.2) is 9.97 Å². The van der Waals surface area contributed by atoms with Crippen LogP contribution in [0.25, 0.3) is 24.3 Å². The zero-order valence-electron chi connectivity index (χ0n) is 18.2. The predicted molar refractivity (Wildman–Crippen MR) is 133 cm³/mol. The van der Waals surface area contributed by atoms with Crippen LogP contribution in [-0.4, -0.2) is 44.4 Å². The van der Waals surface area contributed by atoms with Crippen LogP contribution in [0.5, 0.6) is 0 Å². The van der Waals surface area contributed by atoms with Crippen molar-refractivity contribution >= 4 is 47.4 Å². The number of nitrogens with zero attached hydrogens (tertiary/aromatic N) is 4. The molecule has 0 N–H and O–H groups in total. The molecule has 0 spiro atoms. The Bertz CT molecular complexity index is 940. The van der Waals surface area contributed by atoms with Crippen LogP contribution < -0.4 is 9.80 Å². The molecule has 1 aromatic heterocycles. The van der Waals surface area contributed by atoms with Gasteiger partial charge in [0.2, 0.25) is 0 Å². The maximum absolute atomic E-state index is 4.62. The van der Waals surface area contributed by atoms with Crippen LogP contribution in [0.1, 0.15) is 22.5 Å². The summed E-state index contributed by atoms with van der Waals surface area (Å²) in [5.74, 6) is 0. The lowest BCUT2D eigenvalue weighted by Crippen LogP contribution is -2.07. The van der Waals surface area contributed by atoms with Crippen molar-refractivity contribution in [2.24, 2.45) is 0 Å². The van der Waals surface area contributed by atoms with Crippen molar-refractivity contribution in [3.05, 3.63) is 77.1 Å². The van der Waals surface area contributed by atoms with Crippen molar-refractivity contribution < 1.29 is 0 Å². The lowest BCUT2D eigenvalue weighted by molar-refractivity contribution is 0.952. The first kappa shape index (κ1) is 21.7. The van der Waals surface area contributed by atoms with Gasteiger partial charge >= 0.3 is 0 Å². The molecule has 5 heteroatoms. The summed E-state index contributed by atoms with van der Waals surface area (Å²) in [5, 5.41) is 0.766. The molecular weight excluding hydrogens is 388 g/mol. The van der Waals surface area contributed by atoms with Gasteiger partial charge in [0.1, 0.15) is 0 Å². The van der Waals surface area contributed by atoms with Gasteiger partial charge in [0.05, 0.1) is 11.4 Å². The minimum Gasteiger partial charge on any atom is -0.378 e. The van der Waals surface area contributed by atoms with Gasteiger partial charge in [-0.2, -0.15) is 0 Å². The number of aromatic nitrogens is 2. The molecule has 1 heterocycles. The van der Waals surface area contributed by atoms with E-state index in [1.165, 1.54) is 11.4 Å². The third-order valence-electron chi connectivity index (χ3n) is 4.64. The summed E-state index contributed by atoms with van der Waals surface area (Å²) in [4.78, 5) is 13.4. The van der Waals surface area contributed by atoms with Crippen LogP contribution >= 0.6 is 11.8 Å². The van der Waals surface area contributed by atoms with Crippen molar-refractivity contribution in [2.75, 3.05) is 44.2 Å². The average Bonchev–Trinajstić information content (AvgIpc) is 2.76. The highest BCUT2D eigenvalue weighted by Gasteiger charge is 2.01. The van der Waals surface area contributed by atoms with E-state index in [0.717, 1.165) is 27.7 Å². The van der Waals surface area contributed by atoms with Gasteiger partial charge in [-0.15, -0.1) is 0 Å². The molecule has 0 radical (unpaired) electrons. The second-order valence-electron chi connectivity index (χ2n) is 7.34. The molecule has 0 unspecified atom stereocenters. The number of thioether (sulfide) groups is 1. The summed E-state index contributed by atoms with van der Waals surface area (Å²) in [6.45, 7) is 0. The molecule has 0 aliphatic rings. The highest BCUT2D eigenvalue weighted by atomic mass is 32.2. The zero-order chi connectivity index (χ0) is 21.5. The van der Waals surface area contributed by atoms with Crippen molar-refractivity contribution in [3.8, 4) is 0 Å². The molecule has 154 valence electrons. The van der Waals surface area contributed by atoms with E-state index in [4.69, 9.17) is 0 Å². The molecule has 0 amide bonds. The van der Waals surface area contributed by atoms with Gasteiger partial charge in [-0.3, -0.25) is 0 Å². The fraction of sp³-hybridized carbons (Fsp3) is 0.200. The van der Waals surface area contributed by atoms with Crippen LogP contribution in [0.2, 0.25) is 0 Å². The van der Waals surface area contributed by atoms with Gasteiger partial charge in [-0.05, 0) is 59.9 Å². The van der Waals surface area contributed by atoms with Gasteiger partial charge in [0.15, 0.2) is 5.16 Å². The molecule has 0 bridgehead atoms. The summed E-state index contributed by atoms with van der Waals surface area (Å²) < 4.78 is 0. The van der Waals surface area contributed by atoms with E-state index in [1.54, 1.807) is 11.8 Å². The first-order valence-corrected chi connectivity index (χ1v) is 11.0. The summed E-state index contributed by atoms with van der Waals surface area (Å²) in [5.41, 5.74) is 6.45. The highest BCUT2D eigenvalue weighted by molar-refractivity contribution is 7.98. The fourth-order valence-electron chi connectivity index (χ4n) is 2.85. The second kappa shape index (κ2) is 10.1. The Labute approximate surface area is 184 Å². The van der Waals surface area contributed by atoms with Crippen LogP contribution in [0, 0.1) is 0 Å². The first-order chi connectivity index (χ1) is 14.4. The molecule has 0 aliphatic heterocycles.